The van der Waals surface area contributed by atoms with E-state index in [0.29, 0.717) is 5.92 Å². The van der Waals surface area contributed by atoms with Crippen LogP contribution in [0.2, 0.25) is 0 Å². The molecule has 1 amide bonds. The number of carbonyl (C=O) groups is 1. The van der Waals surface area contributed by atoms with E-state index >= 15 is 0 Å². The van der Waals surface area contributed by atoms with Crippen LogP contribution in [0.15, 0.2) is 5.51 Å². The van der Waals surface area contributed by atoms with Crippen molar-refractivity contribution in [2.45, 2.75) is 26.3 Å². The number of nitrogens with zero attached hydrogens (tertiary/aromatic N) is 2. The van der Waals surface area contributed by atoms with Crippen molar-refractivity contribution in [3.05, 3.63) is 16.1 Å². The van der Waals surface area contributed by atoms with Crippen molar-refractivity contribution in [1.82, 2.24) is 9.88 Å². The van der Waals surface area contributed by atoms with Gasteiger partial charge in [0.1, 0.15) is 4.88 Å². The predicted molar refractivity (Wildman–Crippen MR) is 64.5 cm³/mol. The molecule has 1 fully saturated rings. The zero-order chi connectivity index (χ0) is 11.7. The zero-order valence-electron chi connectivity index (χ0n) is 9.64. The largest absolute Gasteiger partial charge is 0.338 e. The molecule has 0 radical (unpaired) electrons. The van der Waals surface area contributed by atoms with Gasteiger partial charge in [-0.25, -0.2) is 4.98 Å². The van der Waals surface area contributed by atoms with Gasteiger partial charge in [0.15, 0.2) is 0 Å². The van der Waals surface area contributed by atoms with Crippen LogP contribution in [0.5, 0.6) is 0 Å². The number of thiazole rings is 1. The number of aromatic nitrogens is 1. The highest BCUT2D eigenvalue weighted by Gasteiger charge is 2.30. The lowest BCUT2D eigenvalue weighted by Gasteiger charge is -2.17. The van der Waals surface area contributed by atoms with Crippen LogP contribution in [0.4, 0.5) is 0 Å². The summed E-state index contributed by atoms with van der Waals surface area (Å²) >= 11 is 1.42. The van der Waals surface area contributed by atoms with E-state index in [1.54, 1.807) is 5.51 Å². The Balaban J connectivity index is 2.05. The Labute approximate surface area is 99.5 Å². The standard InChI is InChI=1S/C11H17N3OS/c1-7(12)9-3-4-14(5-9)11(15)10-8(2)13-6-16-10/h6-7,9H,3-5,12H2,1-2H3. The first kappa shape index (κ1) is 11.5. The number of aryl methyl sites for hydroxylation is 1. The van der Waals surface area contributed by atoms with E-state index in [2.05, 4.69) is 4.98 Å². The Morgan fingerprint density at radius 2 is 2.50 bits per heavy atom. The van der Waals surface area contributed by atoms with Gasteiger partial charge in [0.2, 0.25) is 0 Å². The molecule has 4 nitrogen and oxygen atoms in total. The minimum absolute atomic E-state index is 0.114. The molecule has 1 aromatic rings. The van der Waals surface area contributed by atoms with E-state index < -0.39 is 0 Å². The molecule has 0 aromatic carbocycles. The SMILES string of the molecule is Cc1ncsc1C(=O)N1CCC(C(C)N)C1. The molecule has 2 rings (SSSR count). The fourth-order valence-corrected chi connectivity index (χ4v) is 2.82. The summed E-state index contributed by atoms with van der Waals surface area (Å²) in [7, 11) is 0. The Morgan fingerprint density at radius 1 is 1.75 bits per heavy atom. The highest BCUT2D eigenvalue weighted by Crippen LogP contribution is 2.23. The molecular formula is C11H17N3OS. The molecule has 2 atom stereocenters. The summed E-state index contributed by atoms with van der Waals surface area (Å²) in [6.07, 6.45) is 1.02. The van der Waals surface area contributed by atoms with Crippen LogP contribution in [0.25, 0.3) is 0 Å². The second kappa shape index (κ2) is 4.51. The third-order valence-electron chi connectivity index (χ3n) is 3.20. The molecular weight excluding hydrogens is 222 g/mol. The Kier molecular flexibility index (Phi) is 3.25. The molecule has 1 aliphatic rings. The summed E-state index contributed by atoms with van der Waals surface area (Å²) in [5.41, 5.74) is 8.42. The van der Waals surface area contributed by atoms with Crippen molar-refractivity contribution >= 4 is 17.2 Å². The normalized spacial score (nSPS) is 22.4. The summed E-state index contributed by atoms with van der Waals surface area (Å²) < 4.78 is 0. The van der Waals surface area contributed by atoms with Crippen LogP contribution in [0, 0.1) is 12.8 Å². The summed E-state index contributed by atoms with van der Waals surface area (Å²) in [6, 6.07) is 0.167. The molecule has 5 heteroatoms. The van der Waals surface area contributed by atoms with Crippen molar-refractivity contribution in [2.24, 2.45) is 11.7 Å². The van der Waals surface area contributed by atoms with Crippen LogP contribution in [-0.2, 0) is 0 Å². The number of rotatable bonds is 2. The quantitative estimate of drug-likeness (QED) is 0.845. The van der Waals surface area contributed by atoms with Crippen LogP contribution in [-0.4, -0.2) is 34.9 Å². The van der Waals surface area contributed by atoms with Gasteiger partial charge in [-0.2, -0.15) is 0 Å². The number of nitrogens with two attached hydrogens (primary N) is 1. The summed E-state index contributed by atoms with van der Waals surface area (Å²) in [6.45, 7) is 5.50. The van der Waals surface area contributed by atoms with Crippen LogP contribution in [0.1, 0.15) is 28.7 Å². The summed E-state index contributed by atoms with van der Waals surface area (Å²) in [5.74, 6) is 0.556. The monoisotopic (exact) mass is 239 g/mol. The summed E-state index contributed by atoms with van der Waals surface area (Å²) in [5, 5.41) is 0. The van der Waals surface area contributed by atoms with E-state index in [1.807, 2.05) is 18.7 Å². The number of carbonyl (C=O) groups excluding carboxylic acids is 1. The maximum absolute atomic E-state index is 12.2. The smallest absolute Gasteiger partial charge is 0.265 e. The number of amides is 1. The van der Waals surface area contributed by atoms with E-state index in [9.17, 15) is 4.79 Å². The molecule has 2 unspecified atom stereocenters. The van der Waals surface area contributed by atoms with Gasteiger partial charge in [0.05, 0.1) is 11.2 Å². The van der Waals surface area contributed by atoms with Gasteiger partial charge in [-0.15, -0.1) is 11.3 Å². The second-order valence-electron chi connectivity index (χ2n) is 4.43. The van der Waals surface area contributed by atoms with Gasteiger partial charge >= 0.3 is 0 Å². The van der Waals surface area contributed by atoms with Crippen molar-refractivity contribution in [3.8, 4) is 0 Å². The van der Waals surface area contributed by atoms with Gasteiger partial charge in [-0.05, 0) is 26.2 Å². The number of hydrogen-bond acceptors (Lipinski definition) is 4. The molecule has 0 bridgehead atoms. The lowest BCUT2D eigenvalue weighted by molar-refractivity contribution is 0.0790. The topological polar surface area (TPSA) is 59.2 Å². The number of likely N-dealkylation sites (tertiary alicyclic amines) is 1. The van der Waals surface area contributed by atoms with Crippen LogP contribution < -0.4 is 5.73 Å². The predicted octanol–water partition coefficient (Wildman–Crippen LogP) is 1.26. The molecule has 0 aliphatic carbocycles. The van der Waals surface area contributed by atoms with Crippen LogP contribution in [0.3, 0.4) is 0 Å². The summed E-state index contributed by atoms with van der Waals surface area (Å²) in [4.78, 5) is 18.9. The Hall–Kier alpha value is -0.940. The van der Waals surface area contributed by atoms with Crippen LogP contribution >= 0.6 is 11.3 Å². The molecule has 1 aliphatic heterocycles. The molecule has 2 N–H and O–H groups in total. The Morgan fingerprint density at radius 3 is 3.00 bits per heavy atom. The third-order valence-corrected chi connectivity index (χ3v) is 4.11. The lowest BCUT2D eigenvalue weighted by Crippen LogP contribution is -2.32. The first-order chi connectivity index (χ1) is 7.59. The van der Waals surface area contributed by atoms with Crippen molar-refractivity contribution < 1.29 is 4.79 Å². The first-order valence-electron chi connectivity index (χ1n) is 5.54. The maximum atomic E-state index is 12.2. The van der Waals surface area contributed by atoms with E-state index in [-0.39, 0.29) is 11.9 Å². The minimum Gasteiger partial charge on any atom is -0.338 e. The van der Waals surface area contributed by atoms with Crippen molar-refractivity contribution in [1.29, 1.82) is 0 Å². The van der Waals surface area contributed by atoms with Gasteiger partial charge in [-0.1, -0.05) is 0 Å². The van der Waals surface area contributed by atoms with E-state index in [1.165, 1.54) is 11.3 Å². The molecule has 1 saturated heterocycles. The Bertz CT molecular complexity index is 388. The van der Waals surface area contributed by atoms with E-state index in [4.69, 9.17) is 5.73 Å². The second-order valence-corrected chi connectivity index (χ2v) is 5.28. The first-order valence-corrected chi connectivity index (χ1v) is 6.42. The highest BCUT2D eigenvalue weighted by atomic mass is 32.1. The molecule has 1 aromatic heterocycles. The fourth-order valence-electron chi connectivity index (χ4n) is 2.05. The molecule has 16 heavy (non-hydrogen) atoms. The van der Waals surface area contributed by atoms with E-state index in [0.717, 1.165) is 30.1 Å². The highest BCUT2D eigenvalue weighted by molar-refractivity contribution is 7.11. The molecule has 0 spiro atoms. The minimum atomic E-state index is 0.114. The molecule has 88 valence electrons. The maximum Gasteiger partial charge on any atom is 0.265 e. The fraction of sp³-hybridized carbons (Fsp3) is 0.636. The average molecular weight is 239 g/mol. The third kappa shape index (κ3) is 2.10. The number of hydrogen-bond donors (Lipinski definition) is 1. The van der Waals surface area contributed by atoms with Gasteiger partial charge in [0.25, 0.3) is 5.91 Å². The van der Waals surface area contributed by atoms with Gasteiger partial charge in [0, 0.05) is 19.1 Å². The average Bonchev–Trinajstić information content (AvgIpc) is 2.84. The van der Waals surface area contributed by atoms with Gasteiger partial charge in [-0.3, -0.25) is 4.79 Å². The molecule has 0 saturated carbocycles. The lowest BCUT2D eigenvalue weighted by atomic mass is 10.0. The molecule has 2 heterocycles. The van der Waals surface area contributed by atoms with Gasteiger partial charge < -0.3 is 10.6 Å². The zero-order valence-corrected chi connectivity index (χ0v) is 10.5. The van der Waals surface area contributed by atoms with Crippen molar-refractivity contribution in [3.63, 3.8) is 0 Å². The van der Waals surface area contributed by atoms with Crippen molar-refractivity contribution in [2.75, 3.05) is 13.1 Å².